The van der Waals surface area contributed by atoms with Crippen molar-refractivity contribution in [1.82, 2.24) is 9.38 Å². The lowest BCUT2D eigenvalue weighted by Crippen LogP contribution is -2.00. The number of hydrogen-bond donors (Lipinski definition) is 1. The molecule has 3 nitrogen and oxygen atoms in total. The summed E-state index contributed by atoms with van der Waals surface area (Å²) in [5, 5.41) is 2.32. The van der Waals surface area contributed by atoms with E-state index in [0.29, 0.717) is 6.54 Å². The van der Waals surface area contributed by atoms with Crippen LogP contribution in [-0.2, 0) is 6.54 Å². The third-order valence-electron chi connectivity index (χ3n) is 2.74. The smallest absolute Gasteiger partial charge is 0.144 e. The molecule has 80 valence electrons. The summed E-state index contributed by atoms with van der Waals surface area (Å²) in [5.41, 5.74) is 7.65. The van der Waals surface area contributed by atoms with Gasteiger partial charge in [-0.05, 0) is 23.6 Å². The Morgan fingerprint density at radius 3 is 3.00 bits per heavy atom. The normalized spacial score (nSPS) is 11.4. The zero-order valence-corrected chi connectivity index (χ0v) is 10.1. The second-order valence-electron chi connectivity index (χ2n) is 3.69. The van der Waals surface area contributed by atoms with Gasteiger partial charge in [0.05, 0.1) is 11.9 Å². The Bertz CT molecular complexity index is 672. The summed E-state index contributed by atoms with van der Waals surface area (Å²) < 4.78 is 3.10. The number of rotatable bonds is 1. The van der Waals surface area contributed by atoms with Crippen molar-refractivity contribution in [2.75, 3.05) is 0 Å². The average molecular weight is 276 g/mol. The highest BCUT2D eigenvalue weighted by Crippen LogP contribution is 2.23. The highest BCUT2D eigenvalue weighted by Gasteiger charge is 2.05. The monoisotopic (exact) mass is 275 g/mol. The molecule has 2 heterocycles. The topological polar surface area (TPSA) is 43.3 Å². The van der Waals surface area contributed by atoms with Crippen LogP contribution in [0.1, 0.15) is 5.69 Å². The van der Waals surface area contributed by atoms with Crippen LogP contribution >= 0.6 is 15.9 Å². The van der Waals surface area contributed by atoms with Gasteiger partial charge in [-0.1, -0.05) is 22.0 Å². The third-order valence-corrected chi connectivity index (χ3v) is 3.24. The van der Waals surface area contributed by atoms with E-state index in [1.165, 1.54) is 5.39 Å². The number of nitrogens with zero attached hydrogens (tertiary/aromatic N) is 2. The van der Waals surface area contributed by atoms with Gasteiger partial charge in [0.25, 0.3) is 0 Å². The van der Waals surface area contributed by atoms with Crippen molar-refractivity contribution < 1.29 is 0 Å². The molecule has 0 saturated heterocycles. The maximum atomic E-state index is 5.66. The summed E-state index contributed by atoms with van der Waals surface area (Å²) in [4.78, 5) is 4.42. The van der Waals surface area contributed by atoms with Gasteiger partial charge in [0.1, 0.15) is 5.65 Å². The van der Waals surface area contributed by atoms with Crippen molar-refractivity contribution in [3.8, 4) is 0 Å². The van der Waals surface area contributed by atoms with Gasteiger partial charge in [0.15, 0.2) is 0 Å². The van der Waals surface area contributed by atoms with E-state index in [1.807, 2.05) is 22.9 Å². The Morgan fingerprint density at radius 1 is 1.31 bits per heavy atom. The van der Waals surface area contributed by atoms with Crippen LogP contribution in [0.15, 0.2) is 41.1 Å². The third kappa shape index (κ3) is 1.34. The van der Waals surface area contributed by atoms with E-state index >= 15 is 0 Å². The van der Waals surface area contributed by atoms with Crippen molar-refractivity contribution >= 4 is 32.3 Å². The summed E-state index contributed by atoms with van der Waals surface area (Å²) in [6.07, 6.45) is 3.84. The molecule has 0 aliphatic heterocycles. The van der Waals surface area contributed by atoms with Crippen LogP contribution < -0.4 is 5.73 Å². The fourth-order valence-electron chi connectivity index (χ4n) is 1.94. The van der Waals surface area contributed by atoms with E-state index in [-0.39, 0.29) is 0 Å². The highest BCUT2D eigenvalue weighted by atomic mass is 79.9. The van der Waals surface area contributed by atoms with E-state index < -0.39 is 0 Å². The number of aromatic nitrogens is 2. The van der Waals surface area contributed by atoms with Crippen LogP contribution in [0.4, 0.5) is 0 Å². The molecule has 1 aromatic carbocycles. The SMILES string of the molecule is NCc1cnc2c3cc(Br)ccc3ccn12. The predicted octanol–water partition coefficient (Wildman–Crippen LogP) is 2.71. The molecule has 2 N–H and O–H groups in total. The minimum atomic E-state index is 0.501. The predicted molar refractivity (Wildman–Crippen MR) is 68.3 cm³/mol. The molecular formula is C12H10BrN3. The molecule has 3 aromatic rings. The van der Waals surface area contributed by atoms with Crippen molar-refractivity contribution in [3.63, 3.8) is 0 Å². The summed E-state index contributed by atoms with van der Waals surface area (Å²) in [6.45, 7) is 0.501. The van der Waals surface area contributed by atoms with Gasteiger partial charge in [-0.3, -0.25) is 0 Å². The van der Waals surface area contributed by atoms with Crippen LogP contribution in [0.5, 0.6) is 0 Å². The zero-order valence-electron chi connectivity index (χ0n) is 8.52. The Labute approximate surface area is 101 Å². The van der Waals surface area contributed by atoms with Crippen LogP contribution in [0.2, 0.25) is 0 Å². The molecular weight excluding hydrogens is 266 g/mol. The lowest BCUT2D eigenvalue weighted by atomic mass is 10.2. The summed E-state index contributed by atoms with van der Waals surface area (Å²) in [7, 11) is 0. The number of pyridine rings is 1. The van der Waals surface area contributed by atoms with E-state index in [1.54, 1.807) is 0 Å². The van der Waals surface area contributed by atoms with Gasteiger partial charge in [-0.25, -0.2) is 4.98 Å². The minimum Gasteiger partial charge on any atom is -0.325 e. The lowest BCUT2D eigenvalue weighted by molar-refractivity contribution is 0.962. The molecule has 0 aliphatic carbocycles. The standard InChI is InChI=1S/C12H10BrN3/c13-9-2-1-8-3-4-16-10(6-14)7-15-12(16)11(8)5-9/h1-5,7H,6,14H2. The summed E-state index contributed by atoms with van der Waals surface area (Å²) in [6, 6.07) is 8.27. The number of halogens is 1. The first-order valence-electron chi connectivity index (χ1n) is 5.04. The van der Waals surface area contributed by atoms with Crippen molar-refractivity contribution in [2.45, 2.75) is 6.54 Å². The van der Waals surface area contributed by atoms with Gasteiger partial charge in [-0.15, -0.1) is 0 Å². The molecule has 0 fully saturated rings. The van der Waals surface area contributed by atoms with Gasteiger partial charge in [0.2, 0.25) is 0 Å². The van der Waals surface area contributed by atoms with Gasteiger partial charge < -0.3 is 10.1 Å². The molecule has 3 rings (SSSR count). The molecule has 4 heteroatoms. The molecule has 0 amide bonds. The van der Waals surface area contributed by atoms with Crippen molar-refractivity contribution in [2.24, 2.45) is 5.73 Å². The fourth-order valence-corrected chi connectivity index (χ4v) is 2.30. The number of nitrogens with two attached hydrogens (primary N) is 1. The van der Waals surface area contributed by atoms with E-state index in [4.69, 9.17) is 5.73 Å². The largest absolute Gasteiger partial charge is 0.325 e. The zero-order chi connectivity index (χ0) is 11.1. The summed E-state index contributed by atoms with van der Waals surface area (Å²) >= 11 is 3.48. The molecule has 2 aromatic heterocycles. The Hall–Kier alpha value is -1.39. The second kappa shape index (κ2) is 3.57. The van der Waals surface area contributed by atoms with Crippen LogP contribution in [0.3, 0.4) is 0 Å². The van der Waals surface area contributed by atoms with Crippen molar-refractivity contribution in [1.29, 1.82) is 0 Å². The average Bonchev–Trinajstić information content (AvgIpc) is 2.72. The van der Waals surface area contributed by atoms with Gasteiger partial charge in [-0.2, -0.15) is 0 Å². The number of hydrogen-bond acceptors (Lipinski definition) is 2. The molecule has 0 atom stereocenters. The molecule has 0 radical (unpaired) electrons. The summed E-state index contributed by atoms with van der Waals surface area (Å²) in [5.74, 6) is 0. The Balaban J connectivity index is 2.48. The minimum absolute atomic E-state index is 0.501. The van der Waals surface area contributed by atoms with Crippen molar-refractivity contribution in [3.05, 3.63) is 46.8 Å². The Morgan fingerprint density at radius 2 is 2.19 bits per heavy atom. The fraction of sp³-hybridized carbons (Fsp3) is 0.0833. The van der Waals surface area contributed by atoms with Gasteiger partial charge >= 0.3 is 0 Å². The lowest BCUT2D eigenvalue weighted by Gasteiger charge is -2.03. The van der Waals surface area contributed by atoms with E-state index in [9.17, 15) is 0 Å². The molecule has 0 saturated carbocycles. The van der Waals surface area contributed by atoms with Crippen LogP contribution in [0, 0.1) is 0 Å². The number of imidazole rings is 1. The van der Waals surface area contributed by atoms with Crippen LogP contribution in [-0.4, -0.2) is 9.38 Å². The molecule has 0 bridgehead atoms. The van der Waals surface area contributed by atoms with E-state index in [2.05, 4.69) is 39.1 Å². The second-order valence-corrected chi connectivity index (χ2v) is 4.61. The Kier molecular flexibility index (Phi) is 2.19. The number of fused-ring (bicyclic) bond motifs is 3. The highest BCUT2D eigenvalue weighted by molar-refractivity contribution is 9.10. The molecule has 0 unspecified atom stereocenters. The first-order chi connectivity index (χ1) is 7.79. The number of benzene rings is 1. The quantitative estimate of drug-likeness (QED) is 0.742. The first kappa shape index (κ1) is 9.81. The molecule has 0 aliphatic rings. The first-order valence-corrected chi connectivity index (χ1v) is 5.83. The van der Waals surface area contributed by atoms with Gasteiger partial charge in [0, 0.05) is 22.6 Å². The maximum Gasteiger partial charge on any atom is 0.144 e. The van der Waals surface area contributed by atoms with Crippen LogP contribution in [0.25, 0.3) is 16.4 Å². The molecule has 0 spiro atoms. The maximum absolute atomic E-state index is 5.66. The molecule has 16 heavy (non-hydrogen) atoms. The van der Waals surface area contributed by atoms with E-state index in [0.717, 1.165) is 21.2 Å².